The van der Waals surface area contributed by atoms with Crippen LogP contribution in [0.1, 0.15) is 28.3 Å². The third kappa shape index (κ3) is 4.46. The lowest BCUT2D eigenvalue weighted by atomic mass is 10.1. The Bertz CT molecular complexity index is 1510. The molecule has 0 spiro atoms. The van der Waals surface area contributed by atoms with Gasteiger partial charge in [-0.15, -0.1) is 0 Å². The molecule has 0 aliphatic heterocycles. The second-order valence-corrected chi connectivity index (χ2v) is 9.49. The Hall–Kier alpha value is -4.23. The summed E-state index contributed by atoms with van der Waals surface area (Å²) in [5, 5.41) is 9.65. The van der Waals surface area contributed by atoms with E-state index in [2.05, 4.69) is 32.7 Å². The number of aromatic nitrogens is 2. The topological polar surface area (TPSA) is 86.9 Å². The second kappa shape index (κ2) is 8.85. The number of carbonyl (C=O) groups excluding carboxylic acids is 2. The van der Waals surface area contributed by atoms with Gasteiger partial charge in [0.1, 0.15) is 5.82 Å². The first-order valence-electron chi connectivity index (χ1n) is 11.4. The van der Waals surface area contributed by atoms with E-state index in [1.165, 1.54) is 16.9 Å². The van der Waals surface area contributed by atoms with Gasteiger partial charge in [-0.2, -0.15) is 11.3 Å². The van der Waals surface area contributed by atoms with Gasteiger partial charge in [0.25, 0.3) is 5.91 Å². The number of aromatic amines is 1. The van der Waals surface area contributed by atoms with Crippen LogP contribution in [0.15, 0.2) is 89.6 Å². The molecule has 2 amide bonds. The number of benzene rings is 3. The fraction of sp³-hybridized carbons (Fsp3) is 0.107. The summed E-state index contributed by atoms with van der Waals surface area (Å²) < 4.78 is 0. The highest BCUT2D eigenvalue weighted by Crippen LogP contribution is 2.47. The fourth-order valence-corrected chi connectivity index (χ4v) is 4.96. The van der Waals surface area contributed by atoms with Crippen molar-refractivity contribution >= 4 is 45.6 Å². The predicted octanol–water partition coefficient (Wildman–Crippen LogP) is 6.29. The molecule has 1 saturated carbocycles. The molecule has 0 bridgehead atoms. The van der Waals surface area contributed by atoms with Gasteiger partial charge in [-0.1, -0.05) is 30.3 Å². The molecular weight excluding hydrogens is 456 g/mol. The van der Waals surface area contributed by atoms with E-state index in [0.29, 0.717) is 11.5 Å². The zero-order valence-electron chi connectivity index (χ0n) is 18.7. The molecule has 3 N–H and O–H groups in total. The van der Waals surface area contributed by atoms with Gasteiger partial charge in [-0.25, -0.2) is 4.98 Å². The molecule has 35 heavy (non-hydrogen) atoms. The van der Waals surface area contributed by atoms with Crippen LogP contribution in [0.2, 0.25) is 0 Å². The zero-order chi connectivity index (χ0) is 23.8. The molecular formula is C28H22N4O2S. The monoisotopic (exact) mass is 478 g/mol. The highest BCUT2D eigenvalue weighted by molar-refractivity contribution is 7.08. The first-order valence-corrected chi connectivity index (χ1v) is 12.4. The summed E-state index contributed by atoms with van der Waals surface area (Å²) in [6.07, 6.45) is 0.885. The highest BCUT2D eigenvalue weighted by Gasteiger charge is 2.43. The van der Waals surface area contributed by atoms with Crippen molar-refractivity contribution in [2.75, 3.05) is 10.6 Å². The SMILES string of the molecule is O=C(Nc1ccc(-c2nc3ccc(NC(=O)C4CC4c4ccccc4)cc3[nH]2)cc1)c1ccsc1. The molecule has 5 aromatic rings. The number of rotatable bonds is 6. The number of hydrogen-bond acceptors (Lipinski definition) is 4. The number of H-pyrrole nitrogens is 1. The summed E-state index contributed by atoms with van der Waals surface area (Å²) in [5.74, 6) is 0.975. The number of nitrogens with zero attached hydrogens (tertiary/aromatic N) is 1. The van der Waals surface area contributed by atoms with Gasteiger partial charge < -0.3 is 15.6 Å². The molecule has 2 heterocycles. The Kier molecular flexibility index (Phi) is 5.39. The van der Waals surface area contributed by atoms with Crippen molar-refractivity contribution in [2.45, 2.75) is 12.3 Å². The van der Waals surface area contributed by atoms with Gasteiger partial charge in [-0.05, 0) is 71.8 Å². The Morgan fingerprint density at radius 2 is 1.71 bits per heavy atom. The predicted molar refractivity (Wildman–Crippen MR) is 140 cm³/mol. The molecule has 2 atom stereocenters. The molecule has 3 aromatic carbocycles. The third-order valence-corrected chi connectivity index (χ3v) is 6.99. The minimum atomic E-state index is -0.126. The number of nitrogens with one attached hydrogen (secondary N) is 3. The van der Waals surface area contributed by atoms with Crippen molar-refractivity contribution in [2.24, 2.45) is 5.92 Å². The number of imidazole rings is 1. The molecule has 1 fully saturated rings. The van der Waals surface area contributed by atoms with Crippen LogP contribution in [0, 0.1) is 5.92 Å². The van der Waals surface area contributed by atoms with E-state index in [0.717, 1.165) is 40.2 Å². The van der Waals surface area contributed by atoms with Gasteiger partial charge in [0, 0.05) is 28.2 Å². The van der Waals surface area contributed by atoms with E-state index >= 15 is 0 Å². The van der Waals surface area contributed by atoms with E-state index < -0.39 is 0 Å². The molecule has 6 nitrogen and oxygen atoms in total. The first kappa shape index (κ1) is 21.3. The average Bonchev–Trinajstić information content (AvgIpc) is 3.28. The number of fused-ring (bicyclic) bond motifs is 1. The Labute approximate surface area is 206 Å². The number of carbonyl (C=O) groups is 2. The number of anilines is 2. The van der Waals surface area contributed by atoms with Crippen LogP contribution >= 0.6 is 11.3 Å². The summed E-state index contributed by atoms with van der Waals surface area (Å²) in [5.41, 5.74) is 5.92. The summed E-state index contributed by atoms with van der Waals surface area (Å²) in [4.78, 5) is 33.0. The number of hydrogen-bond donors (Lipinski definition) is 3. The van der Waals surface area contributed by atoms with Gasteiger partial charge in [0.05, 0.1) is 16.6 Å². The largest absolute Gasteiger partial charge is 0.338 e. The maximum absolute atomic E-state index is 12.7. The fourth-order valence-electron chi connectivity index (χ4n) is 4.32. The Morgan fingerprint density at radius 1 is 0.914 bits per heavy atom. The van der Waals surface area contributed by atoms with Crippen molar-refractivity contribution in [1.82, 2.24) is 9.97 Å². The van der Waals surface area contributed by atoms with Crippen LogP contribution in [0.4, 0.5) is 11.4 Å². The zero-order valence-corrected chi connectivity index (χ0v) is 19.5. The van der Waals surface area contributed by atoms with Crippen molar-refractivity contribution in [3.05, 3.63) is 101 Å². The van der Waals surface area contributed by atoms with Crippen molar-refractivity contribution in [3.8, 4) is 11.4 Å². The maximum atomic E-state index is 12.7. The standard InChI is InChI=1S/C28H22N4O2S/c33-27(19-12-13-35-16-19)29-20-8-6-18(7-9-20)26-31-24-11-10-21(14-25(24)32-26)30-28(34)23-15-22(23)17-4-2-1-3-5-17/h1-14,16,22-23H,15H2,(H,29,33)(H,30,34)(H,31,32). The Morgan fingerprint density at radius 3 is 2.49 bits per heavy atom. The minimum Gasteiger partial charge on any atom is -0.338 e. The van der Waals surface area contributed by atoms with Crippen LogP contribution in [0.5, 0.6) is 0 Å². The molecule has 0 saturated heterocycles. The first-order chi connectivity index (χ1) is 17.1. The average molecular weight is 479 g/mol. The van der Waals surface area contributed by atoms with E-state index in [9.17, 15) is 9.59 Å². The van der Waals surface area contributed by atoms with E-state index in [1.807, 2.05) is 71.4 Å². The Balaban J connectivity index is 1.13. The number of amides is 2. The lowest BCUT2D eigenvalue weighted by Crippen LogP contribution is -2.14. The number of thiophene rings is 1. The van der Waals surface area contributed by atoms with Crippen LogP contribution in [-0.4, -0.2) is 21.8 Å². The van der Waals surface area contributed by atoms with E-state index in [4.69, 9.17) is 0 Å². The molecule has 172 valence electrons. The van der Waals surface area contributed by atoms with E-state index in [-0.39, 0.29) is 17.7 Å². The summed E-state index contributed by atoms with van der Waals surface area (Å²) in [7, 11) is 0. The molecule has 6 rings (SSSR count). The van der Waals surface area contributed by atoms with Crippen molar-refractivity contribution in [1.29, 1.82) is 0 Å². The van der Waals surface area contributed by atoms with Gasteiger partial charge in [0.2, 0.25) is 5.91 Å². The van der Waals surface area contributed by atoms with Gasteiger partial charge >= 0.3 is 0 Å². The molecule has 0 radical (unpaired) electrons. The maximum Gasteiger partial charge on any atom is 0.256 e. The molecule has 1 aliphatic rings. The summed E-state index contributed by atoms with van der Waals surface area (Å²) in [6, 6.07) is 25.2. The third-order valence-electron chi connectivity index (χ3n) is 6.30. The molecule has 2 unspecified atom stereocenters. The lowest BCUT2D eigenvalue weighted by Gasteiger charge is -2.05. The lowest BCUT2D eigenvalue weighted by molar-refractivity contribution is -0.117. The second-order valence-electron chi connectivity index (χ2n) is 8.71. The normalized spacial score (nSPS) is 16.7. The van der Waals surface area contributed by atoms with Gasteiger partial charge in [0.15, 0.2) is 0 Å². The quantitative estimate of drug-likeness (QED) is 0.268. The van der Waals surface area contributed by atoms with Crippen LogP contribution in [0.3, 0.4) is 0 Å². The van der Waals surface area contributed by atoms with Crippen molar-refractivity contribution < 1.29 is 9.59 Å². The summed E-state index contributed by atoms with van der Waals surface area (Å²) in [6.45, 7) is 0. The van der Waals surface area contributed by atoms with Crippen molar-refractivity contribution in [3.63, 3.8) is 0 Å². The minimum absolute atomic E-state index is 0.0177. The smallest absolute Gasteiger partial charge is 0.256 e. The van der Waals surface area contributed by atoms with Crippen LogP contribution in [-0.2, 0) is 4.79 Å². The van der Waals surface area contributed by atoms with E-state index in [1.54, 1.807) is 6.07 Å². The molecule has 2 aromatic heterocycles. The van der Waals surface area contributed by atoms with Crippen LogP contribution < -0.4 is 10.6 Å². The van der Waals surface area contributed by atoms with Gasteiger partial charge in [-0.3, -0.25) is 9.59 Å². The highest BCUT2D eigenvalue weighted by atomic mass is 32.1. The summed E-state index contributed by atoms with van der Waals surface area (Å²) >= 11 is 1.49. The van der Waals surface area contributed by atoms with Crippen LogP contribution in [0.25, 0.3) is 22.4 Å². The molecule has 7 heteroatoms. The molecule has 1 aliphatic carbocycles.